The predicted molar refractivity (Wildman–Crippen MR) is 145 cm³/mol. The number of rotatable bonds is 9. The van der Waals surface area contributed by atoms with Crippen LogP contribution >= 0.6 is 0 Å². The van der Waals surface area contributed by atoms with Crippen LogP contribution in [0.3, 0.4) is 0 Å². The number of para-hydroxylation sites is 1. The highest BCUT2D eigenvalue weighted by molar-refractivity contribution is 6.08. The molecule has 1 aromatic heterocycles. The first-order chi connectivity index (χ1) is 17.7. The summed E-state index contributed by atoms with van der Waals surface area (Å²) < 4.78 is 0. The molecule has 190 valence electrons. The summed E-state index contributed by atoms with van der Waals surface area (Å²) in [4.78, 5) is 44.7. The van der Waals surface area contributed by atoms with E-state index >= 15 is 0 Å². The molecule has 7 heteroatoms. The highest BCUT2D eigenvalue weighted by Gasteiger charge is 2.34. The van der Waals surface area contributed by atoms with Crippen molar-refractivity contribution in [1.29, 1.82) is 0 Å². The summed E-state index contributed by atoms with van der Waals surface area (Å²) in [5, 5.41) is 6.51. The van der Waals surface area contributed by atoms with Crippen LogP contribution in [0.5, 0.6) is 0 Å². The zero-order valence-corrected chi connectivity index (χ0v) is 21.3. The molecule has 4 rings (SSSR count). The van der Waals surface area contributed by atoms with Crippen LogP contribution in [-0.4, -0.2) is 46.2 Å². The lowest BCUT2D eigenvalue weighted by Crippen LogP contribution is -2.59. The van der Waals surface area contributed by atoms with Gasteiger partial charge in [0, 0.05) is 37.1 Å². The maximum atomic E-state index is 13.5. The van der Waals surface area contributed by atoms with Gasteiger partial charge < -0.3 is 20.5 Å². The minimum absolute atomic E-state index is 0.209. The quantitative estimate of drug-likeness (QED) is 0.326. The van der Waals surface area contributed by atoms with Crippen molar-refractivity contribution in [2.75, 3.05) is 7.05 Å². The van der Waals surface area contributed by atoms with Gasteiger partial charge in [0.2, 0.25) is 11.8 Å². The second-order valence-corrected chi connectivity index (χ2v) is 9.72. The molecule has 1 atom stereocenters. The average molecular weight is 497 g/mol. The fourth-order valence-electron chi connectivity index (χ4n) is 4.26. The van der Waals surface area contributed by atoms with Crippen LogP contribution in [0.4, 0.5) is 0 Å². The number of amides is 3. The van der Waals surface area contributed by atoms with E-state index in [1.807, 2.05) is 84.9 Å². The summed E-state index contributed by atoms with van der Waals surface area (Å²) in [5.41, 5.74) is 1.95. The Bertz CT molecular complexity index is 1380. The Morgan fingerprint density at radius 2 is 1.46 bits per heavy atom. The van der Waals surface area contributed by atoms with Gasteiger partial charge in [-0.25, -0.2) is 0 Å². The van der Waals surface area contributed by atoms with Crippen LogP contribution in [0.2, 0.25) is 0 Å². The van der Waals surface area contributed by atoms with E-state index in [9.17, 15) is 14.4 Å². The summed E-state index contributed by atoms with van der Waals surface area (Å²) >= 11 is 0. The molecule has 0 saturated heterocycles. The maximum absolute atomic E-state index is 13.5. The molecular formula is C30H32N4O3. The monoisotopic (exact) mass is 496 g/mol. The molecule has 0 aliphatic rings. The number of carbonyl (C=O) groups is 3. The second kappa shape index (κ2) is 11.1. The smallest absolute Gasteiger partial charge is 0.254 e. The molecule has 37 heavy (non-hydrogen) atoms. The molecule has 3 aromatic carbocycles. The third kappa shape index (κ3) is 6.25. The SMILES string of the molecule is CN(Cc1ccccc1)C(=O)[C@H](Cc1ccccc1)NC(=O)C(C)(C)NC(=O)c1c[nH]c2ccccc12. The van der Waals surface area contributed by atoms with E-state index in [0.717, 1.165) is 22.0 Å². The Labute approximate surface area is 216 Å². The van der Waals surface area contributed by atoms with Gasteiger partial charge in [-0.1, -0.05) is 78.9 Å². The van der Waals surface area contributed by atoms with Crippen molar-refractivity contribution >= 4 is 28.6 Å². The lowest BCUT2D eigenvalue weighted by Gasteiger charge is -2.30. The molecular weight excluding hydrogens is 464 g/mol. The molecule has 0 fully saturated rings. The normalized spacial score (nSPS) is 12.1. The Morgan fingerprint density at radius 1 is 0.865 bits per heavy atom. The Kier molecular flexibility index (Phi) is 7.72. The summed E-state index contributed by atoms with van der Waals surface area (Å²) in [6.07, 6.45) is 1.96. The average Bonchev–Trinajstić information content (AvgIpc) is 3.33. The number of benzene rings is 3. The molecule has 0 bridgehead atoms. The lowest BCUT2D eigenvalue weighted by molar-refractivity contribution is -0.137. The van der Waals surface area contributed by atoms with Crippen molar-refractivity contribution in [2.24, 2.45) is 0 Å². The molecule has 0 radical (unpaired) electrons. The third-order valence-corrected chi connectivity index (χ3v) is 6.35. The van der Waals surface area contributed by atoms with Crippen molar-refractivity contribution in [1.82, 2.24) is 20.5 Å². The Hall–Kier alpha value is -4.39. The summed E-state index contributed by atoms with van der Waals surface area (Å²) in [6.45, 7) is 3.68. The van der Waals surface area contributed by atoms with Crippen LogP contribution < -0.4 is 10.6 Å². The number of aromatic amines is 1. The number of nitrogens with one attached hydrogen (secondary N) is 3. The van der Waals surface area contributed by atoms with Crippen molar-refractivity contribution < 1.29 is 14.4 Å². The number of nitrogens with zero attached hydrogens (tertiary/aromatic N) is 1. The van der Waals surface area contributed by atoms with Gasteiger partial charge in [-0.2, -0.15) is 0 Å². The highest BCUT2D eigenvalue weighted by atomic mass is 16.2. The molecule has 4 aromatic rings. The van der Waals surface area contributed by atoms with E-state index in [4.69, 9.17) is 0 Å². The van der Waals surface area contributed by atoms with E-state index in [1.54, 1.807) is 32.0 Å². The topological polar surface area (TPSA) is 94.3 Å². The van der Waals surface area contributed by atoms with Crippen LogP contribution in [0.25, 0.3) is 10.9 Å². The number of hydrogen-bond acceptors (Lipinski definition) is 3. The molecule has 0 aliphatic carbocycles. The molecule has 3 N–H and O–H groups in total. The minimum atomic E-state index is -1.26. The second-order valence-electron chi connectivity index (χ2n) is 9.72. The predicted octanol–water partition coefficient (Wildman–Crippen LogP) is 4.06. The third-order valence-electron chi connectivity index (χ3n) is 6.35. The molecule has 1 heterocycles. The maximum Gasteiger partial charge on any atom is 0.254 e. The van der Waals surface area contributed by atoms with Crippen LogP contribution in [0.15, 0.2) is 91.1 Å². The van der Waals surface area contributed by atoms with Crippen LogP contribution in [-0.2, 0) is 22.6 Å². The molecule has 0 saturated carbocycles. The van der Waals surface area contributed by atoms with E-state index in [0.29, 0.717) is 18.5 Å². The van der Waals surface area contributed by atoms with E-state index in [2.05, 4.69) is 15.6 Å². The van der Waals surface area contributed by atoms with E-state index in [1.165, 1.54) is 0 Å². The summed E-state index contributed by atoms with van der Waals surface area (Å²) in [5.74, 6) is -1.02. The number of aromatic nitrogens is 1. The zero-order valence-electron chi connectivity index (χ0n) is 21.3. The van der Waals surface area contributed by atoms with Gasteiger partial charge in [-0.15, -0.1) is 0 Å². The van der Waals surface area contributed by atoms with Gasteiger partial charge >= 0.3 is 0 Å². The van der Waals surface area contributed by atoms with Crippen molar-refractivity contribution in [3.63, 3.8) is 0 Å². The summed E-state index contributed by atoms with van der Waals surface area (Å²) in [6, 6.07) is 25.9. The Balaban J connectivity index is 1.50. The lowest BCUT2D eigenvalue weighted by atomic mass is 10.00. The Morgan fingerprint density at radius 3 is 2.14 bits per heavy atom. The van der Waals surface area contributed by atoms with Crippen LogP contribution in [0, 0.1) is 0 Å². The first kappa shape index (κ1) is 25.7. The minimum Gasteiger partial charge on any atom is -0.360 e. The van der Waals surface area contributed by atoms with Crippen molar-refractivity contribution in [2.45, 2.75) is 38.4 Å². The number of likely N-dealkylation sites (N-methyl/N-ethyl adjacent to an activating group) is 1. The van der Waals surface area contributed by atoms with Crippen molar-refractivity contribution in [3.05, 3.63) is 108 Å². The number of H-pyrrole nitrogens is 1. The van der Waals surface area contributed by atoms with E-state index < -0.39 is 17.5 Å². The van der Waals surface area contributed by atoms with Crippen molar-refractivity contribution in [3.8, 4) is 0 Å². The molecule has 0 unspecified atom stereocenters. The van der Waals surface area contributed by atoms with Gasteiger partial charge in [0.25, 0.3) is 5.91 Å². The molecule has 3 amide bonds. The number of fused-ring (bicyclic) bond motifs is 1. The standard InChI is InChI=1S/C30H32N4O3/c1-30(2,33-27(35)24-19-31-25-17-11-10-16-23(24)25)29(37)32-26(18-21-12-6-4-7-13-21)28(36)34(3)20-22-14-8-5-9-15-22/h4-17,19,26,31H,18,20H2,1-3H3,(H,32,37)(H,33,35)/t26-/m0/s1. The fraction of sp³-hybridized carbons (Fsp3) is 0.233. The van der Waals surface area contributed by atoms with E-state index in [-0.39, 0.29) is 11.8 Å². The highest BCUT2D eigenvalue weighted by Crippen LogP contribution is 2.19. The molecule has 0 spiro atoms. The van der Waals surface area contributed by atoms with Gasteiger partial charge in [0.1, 0.15) is 11.6 Å². The largest absolute Gasteiger partial charge is 0.360 e. The van der Waals surface area contributed by atoms with Crippen LogP contribution in [0.1, 0.15) is 35.3 Å². The fourth-order valence-corrected chi connectivity index (χ4v) is 4.26. The molecule has 0 aliphatic heterocycles. The number of hydrogen-bond donors (Lipinski definition) is 3. The summed E-state index contributed by atoms with van der Waals surface area (Å²) in [7, 11) is 1.73. The van der Waals surface area contributed by atoms with Gasteiger partial charge in [-0.3, -0.25) is 14.4 Å². The molecule has 7 nitrogen and oxygen atoms in total. The van der Waals surface area contributed by atoms with Gasteiger partial charge in [0.15, 0.2) is 0 Å². The first-order valence-electron chi connectivity index (χ1n) is 12.3. The van der Waals surface area contributed by atoms with Gasteiger partial charge in [0.05, 0.1) is 5.56 Å². The first-order valence-corrected chi connectivity index (χ1v) is 12.3. The number of carbonyl (C=O) groups excluding carboxylic acids is 3. The zero-order chi connectivity index (χ0) is 26.4. The van der Waals surface area contributed by atoms with Gasteiger partial charge in [-0.05, 0) is 31.0 Å².